The van der Waals surface area contributed by atoms with Crippen molar-refractivity contribution in [3.05, 3.63) is 59.7 Å². The third kappa shape index (κ3) is 6.95. The highest BCUT2D eigenvalue weighted by molar-refractivity contribution is 5.85. The van der Waals surface area contributed by atoms with E-state index in [0.29, 0.717) is 11.1 Å². The zero-order valence-corrected chi connectivity index (χ0v) is 20.0. The lowest BCUT2D eigenvalue weighted by atomic mass is 9.91. The first-order valence-electron chi connectivity index (χ1n) is 11.4. The van der Waals surface area contributed by atoms with Gasteiger partial charge in [0.05, 0.1) is 20.1 Å². The molecule has 0 aromatic heterocycles. The number of carboxylic acid groups (broad SMARTS) is 1. The Bertz CT molecular complexity index is 1060. The van der Waals surface area contributed by atoms with Crippen LogP contribution in [0.25, 0.3) is 0 Å². The number of ether oxygens (including phenoxy) is 4. The Morgan fingerprint density at radius 3 is 2.30 bits per heavy atom. The van der Waals surface area contributed by atoms with E-state index >= 15 is 0 Å². The van der Waals surface area contributed by atoms with Gasteiger partial charge in [0.25, 0.3) is 0 Å². The van der Waals surface area contributed by atoms with Crippen LogP contribution in [0.4, 0.5) is 0 Å². The number of aliphatic hydroxyl groups is 5. The summed E-state index contributed by atoms with van der Waals surface area (Å²) in [5.74, 6) is -2.27. The molecular formula is C25H30O12. The van der Waals surface area contributed by atoms with Gasteiger partial charge < -0.3 is 49.6 Å². The maximum Gasteiger partial charge on any atom is 0.339 e. The molecule has 6 atom stereocenters. The summed E-state index contributed by atoms with van der Waals surface area (Å²) >= 11 is 0. The molecule has 0 bridgehead atoms. The molecule has 1 aliphatic heterocycles. The molecule has 202 valence electrons. The van der Waals surface area contributed by atoms with Crippen LogP contribution in [0.15, 0.2) is 48.5 Å². The number of rotatable bonds is 11. The second-order valence-corrected chi connectivity index (χ2v) is 8.64. The van der Waals surface area contributed by atoms with E-state index in [-0.39, 0.29) is 24.5 Å². The quantitative estimate of drug-likeness (QED) is 0.205. The van der Waals surface area contributed by atoms with Gasteiger partial charge in [0, 0.05) is 6.42 Å². The number of carboxylic acids is 1. The number of methoxy groups -OCH3 is 1. The summed E-state index contributed by atoms with van der Waals surface area (Å²) in [4.78, 5) is 24.0. The molecule has 1 heterocycles. The summed E-state index contributed by atoms with van der Waals surface area (Å²) in [6.07, 6.45) is -8.49. The maximum atomic E-state index is 12.7. The van der Waals surface area contributed by atoms with Crippen LogP contribution in [0.1, 0.15) is 17.5 Å². The summed E-state index contributed by atoms with van der Waals surface area (Å²) in [6.45, 7) is -0.947. The van der Waals surface area contributed by atoms with Gasteiger partial charge in [-0.1, -0.05) is 36.4 Å². The van der Waals surface area contributed by atoms with Crippen LogP contribution in [0.5, 0.6) is 11.5 Å². The minimum absolute atomic E-state index is 0.0772. The van der Waals surface area contributed by atoms with Crippen molar-refractivity contribution in [2.75, 3.05) is 13.7 Å². The molecule has 0 unspecified atom stereocenters. The average molecular weight is 523 g/mol. The zero-order chi connectivity index (χ0) is 27.2. The molecule has 0 radical (unpaired) electrons. The summed E-state index contributed by atoms with van der Waals surface area (Å²) in [5, 5.41) is 59.4. The number of hydrogen-bond donors (Lipinski definition) is 6. The highest BCUT2D eigenvalue weighted by Crippen LogP contribution is 2.32. The van der Waals surface area contributed by atoms with Crippen LogP contribution in [0.3, 0.4) is 0 Å². The lowest BCUT2D eigenvalue weighted by Gasteiger charge is -2.39. The SMILES string of the molecule is COc1cc(COC(=O)[C@](O)(CC(=O)O)Cc2ccccc2)ccc1O[C@@H]1O[C@H](CO)[C@@H](O)[C@H](O)[C@H]1O. The first-order valence-corrected chi connectivity index (χ1v) is 11.4. The first kappa shape index (κ1) is 28.3. The standard InChI is InChI=1S/C25H30O12/c1-34-17-9-15(7-8-16(17)36-23-22(31)21(30)20(29)18(12-26)37-23)13-35-24(32)25(33,11-19(27)28)10-14-5-3-2-4-6-14/h2-9,18,20-23,26,29-31,33H,10-13H2,1H3,(H,27,28)/t18-,20-,21+,22-,23-,25-/m1/s1. The average Bonchev–Trinajstić information content (AvgIpc) is 2.88. The van der Waals surface area contributed by atoms with Gasteiger partial charge in [-0.3, -0.25) is 4.79 Å². The molecule has 2 aromatic rings. The Morgan fingerprint density at radius 1 is 0.973 bits per heavy atom. The van der Waals surface area contributed by atoms with E-state index in [4.69, 9.17) is 18.9 Å². The predicted octanol–water partition coefficient (Wildman–Crippen LogP) is -0.634. The van der Waals surface area contributed by atoms with Gasteiger partial charge in [0.2, 0.25) is 6.29 Å². The van der Waals surface area contributed by atoms with E-state index in [1.54, 1.807) is 30.3 Å². The molecule has 0 saturated carbocycles. The molecule has 12 nitrogen and oxygen atoms in total. The fourth-order valence-electron chi connectivity index (χ4n) is 3.86. The van der Waals surface area contributed by atoms with Crippen LogP contribution in [0.2, 0.25) is 0 Å². The number of esters is 1. The lowest BCUT2D eigenvalue weighted by Crippen LogP contribution is -2.60. The topological polar surface area (TPSA) is 192 Å². The number of benzene rings is 2. The Kier molecular flexibility index (Phi) is 9.43. The van der Waals surface area contributed by atoms with Crippen molar-refractivity contribution in [3.63, 3.8) is 0 Å². The van der Waals surface area contributed by atoms with Crippen molar-refractivity contribution in [2.45, 2.75) is 55.8 Å². The Labute approximate surface area is 212 Å². The van der Waals surface area contributed by atoms with Crippen LogP contribution < -0.4 is 9.47 Å². The van der Waals surface area contributed by atoms with E-state index in [2.05, 4.69) is 0 Å². The first-order chi connectivity index (χ1) is 17.6. The maximum absolute atomic E-state index is 12.7. The number of aliphatic hydroxyl groups excluding tert-OH is 4. The van der Waals surface area contributed by atoms with Crippen LogP contribution in [0, 0.1) is 0 Å². The van der Waals surface area contributed by atoms with Crippen LogP contribution in [-0.4, -0.2) is 92.6 Å². The number of carbonyl (C=O) groups is 2. The Balaban J connectivity index is 1.70. The smallest absolute Gasteiger partial charge is 0.339 e. The van der Waals surface area contributed by atoms with E-state index < -0.39 is 61.3 Å². The third-order valence-corrected chi connectivity index (χ3v) is 5.85. The highest BCUT2D eigenvalue weighted by Gasteiger charge is 2.45. The molecule has 2 aromatic carbocycles. The van der Waals surface area contributed by atoms with Crippen molar-refractivity contribution in [2.24, 2.45) is 0 Å². The minimum atomic E-state index is -2.29. The normalized spacial score (nSPS) is 25.1. The van der Waals surface area contributed by atoms with Crippen molar-refractivity contribution in [1.82, 2.24) is 0 Å². The Morgan fingerprint density at radius 2 is 1.68 bits per heavy atom. The second kappa shape index (κ2) is 12.3. The molecule has 12 heteroatoms. The van der Waals surface area contributed by atoms with E-state index in [0.717, 1.165) is 0 Å². The van der Waals surface area contributed by atoms with E-state index in [1.807, 2.05) is 0 Å². The van der Waals surface area contributed by atoms with Crippen LogP contribution in [-0.2, 0) is 32.1 Å². The molecular weight excluding hydrogens is 492 g/mol. The van der Waals surface area contributed by atoms with E-state index in [1.165, 1.54) is 25.3 Å². The van der Waals surface area contributed by atoms with Gasteiger partial charge in [-0.15, -0.1) is 0 Å². The monoisotopic (exact) mass is 522 g/mol. The molecule has 37 heavy (non-hydrogen) atoms. The van der Waals surface area contributed by atoms with Gasteiger partial charge in [0.15, 0.2) is 17.1 Å². The van der Waals surface area contributed by atoms with Crippen LogP contribution >= 0.6 is 0 Å². The second-order valence-electron chi connectivity index (χ2n) is 8.64. The van der Waals surface area contributed by atoms with Crippen molar-refractivity contribution in [1.29, 1.82) is 0 Å². The van der Waals surface area contributed by atoms with E-state index in [9.17, 15) is 40.2 Å². The van der Waals surface area contributed by atoms with Gasteiger partial charge >= 0.3 is 11.9 Å². The predicted molar refractivity (Wildman–Crippen MR) is 125 cm³/mol. The Hall–Kier alpha value is -3.26. The zero-order valence-electron chi connectivity index (χ0n) is 20.0. The minimum Gasteiger partial charge on any atom is -0.493 e. The molecule has 0 amide bonds. The molecule has 6 N–H and O–H groups in total. The summed E-state index contributed by atoms with van der Waals surface area (Å²) < 4.78 is 21.4. The summed E-state index contributed by atoms with van der Waals surface area (Å²) in [5.41, 5.74) is -1.33. The molecule has 3 rings (SSSR count). The molecule has 1 aliphatic rings. The fraction of sp³-hybridized carbons (Fsp3) is 0.440. The third-order valence-electron chi connectivity index (χ3n) is 5.85. The van der Waals surface area contributed by atoms with Crippen molar-refractivity contribution >= 4 is 11.9 Å². The number of hydrogen-bond acceptors (Lipinski definition) is 11. The van der Waals surface area contributed by atoms with Gasteiger partial charge in [0.1, 0.15) is 31.0 Å². The highest BCUT2D eigenvalue weighted by atomic mass is 16.7. The largest absolute Gasteiger partial charge is 0.493 e. The van der Waals surface area contributed by atoms with Crippen molar-refractivity contribution in [3.8, 4) is 11.5 Å². The number of aliphatic carboxylic acids is 1. The van der Waals surface area contributed by atoms with Gasteiger partial charge in [-0.2, -0.15) is 0 Å². The van der Waals surface area contributed by atoms with Crippen molar-refractivity contribution < 1.29 is 59.2 Å². The molecule has 0 spiro atoms. The molecule has 1 fully saturated rings. The fourth-order valence-corrected chi connectivity index (χ4v) is 3.86. The van der Waals surface area contributed by atoms with Gasteiger partial charge in [-0.05, 0) is 23.3 Å². The molecule has 0 aliphatic carbocycles. The number of carbonyl (C=O) groups excluding carboxylic acids is 1. The van der Waals surface area contributed by atoms with Gasteiger partial charge in [-0.25, -0.2) is 4.79 Å². The molecule has 1 saturated heterocycles. The summed E-state index contributed by atoms with van der Waals surface area (Å²) in [7, 11) is 1.33. The lowest BCUT2D eigenvalue weighted by molar-refractivity contribution is -0.277. The summed E-state index contributed by atoms with van der Waals surface area (Å²) in [6, 6.07) is 12.8.